The molecule has 2 fully saturated rings. The Balaban J connectivity index is 1.84. The lowest BCUT2D eigenvalue weighted by atomic mass is 10.0. The van der Waals surface area contributed by atoms with Crippen molar-refractivity contribution >= 4 is 11.9 Å². The molecule has 2 aliphatic rings. The molecule has 2 rings (SSSR count). The van der Waals surface area contributed by atoms with Crippen LogP contribution in [0.4, 0.5) is 0 Å². The standard InChI is InChI=1S/C14H23NO3/c1-9(14(17)18-3)8-15(2)13(16)12-10-6-4-5-7-11(10)12/h9-12H,4-8H2,1-3H3. The molecule has 0 radical (unpaired) electrons. The maximum absolute atomic E-state index is 12.3. The Hall–Kier alpha value is -1.06. The zero-order valence-electron chi connectivity index (χ0n) is 11.5. The van der Waals surface area contributed by atoms with Crippen molar-refractivity contribution in [1.82, 2.24) is 4.90 Å². The third kappa shape index (κ3) is 2.52. The van der Waals surface area contributed by atoms with Crippen molar-refractivity contribution in [3.8, 4) is 0 Å². The normalized spacial score (nSPS) is 31.2. The van der Waals surface area contributed by atoms with Crippen molar-refractivity contribution in [2.75, 3.05) is 20.7 Å². The van der Waals surface area contributed by atoms with E-state index in [0.29, 0.717) is 18.4 Å². The number of esters is 1. The number of rotatable bonds is 4. The van der Waals surface area contributed by atoms with Crippen LogP contribution in [0.5, 0.6) is 0 Å². The minimum atomic E-state index is -0.247. The van der Waals surface area contributed by atoms with Crippen molar-refractivity contribution in [2.24, 2.45) is 23.7 Å². The summed E-state index contributed by atoms with van der Waals surface area (Å²) >= 11 is 0. The zero-order valence-corrected chi connectivity index (χ0v) is 11.5. The van der Waals surface area contributed by atoms with Gasteiger partial charge in [-0.2, -0.15) is 0 Å². The fourth-order valence-corrected chi connectivity index (χ4v) is 3.39. The number of amides is 1. The minimum Gasteiger partial charge on any atom is -0.469 e. The highest BCUT2D eigenvalue weighted by molar-refractivity contribution is 5.83. The number of hydrogen-bond acceptors (Lipinski definition) is 3. The van der Waals surface area contributed by atoms with E-state index in [1.165, 1.54) is 32.8 Å². The number of methoxy groups -OCH3 is 1. The number of hydrogen-bond donors (Lipinski definition) is 0. The van der Waals surface area contributed by atoms with Crippen LogP contribution >= 0.6 is 0 Å². The van der Waals surface area contributed by atoms with Crippen molar-refractivity contribution in [2.45, 2.75) is 32.6 Å². The molecule has 2 aliphatic carbocycles. The number of carbonyl (C=O) groups is 2. The van der Waals surface area contributed by atoms with E-state index in [2.05, 4.69) is 4.74 Å². The van der Waals surface area contributed by atoms with Gasteiger partial charge in [0.15, 0.2) is 0 Å². The summed E-state index contributed by atoms with van der Waals surface area (Å²) < 4.78 is 4.69. The van der Waals surface area contributed by atoms with Gasteiger partial charge in [-0.3, -0.25) is 9.59 Å². The Morgan fingerprint density at radius 2 is 1.83 bits per heavy atom. The second kappa shape index (κ2) is 5.29. The van der Waals surface area contributed by atoms with Crippen LogP contribution in [0.25, 0.3) is 0 Å². The maximum atomic E-state index is 12.3. The molecule has 0 aromatic carbocycles. The van der Waals surface area contributed by atoms with Gasteiger partial charge in [0, 0.05) is 19.5 Å². The van der Waals surface area contributed by atoms with Crippen LogP contribution in [0, 0.1) is 23.7 Å². The Labute approximate surface area is 109 Å². The van der Waals surface area contributed by atoms with Gasteiger partial charge >= 0.3 is 5.97 Å². The molecule has 0 heterocycles. The van der Waals surface area contributed by atoms with E-state index in [4.69, 9.17) is 0 Å². The molecule has 18 heavy (non-hydrogen) atoms. The Morgan fingerprint density at radius 1 is 1.28 bits per heavy atom. The predicted octanol–water partition coefficient (Wildman–Crippen LogP) is 1.69. The van der Waals surface area contributed by atoms with Crippen LogP contribution in [-0.4, -0.2) is 37.5 Å². The first-order valence-corrected chi connectivity index (χ1v) is 6.89. The van der Waals surface area contributed by atoms with Crippen LogP contribution in [0.3, 0.4) is 0 Å². The van der Waals surface area contributed by atoms with E-state index in [0.717, 1.165) is 0 Å². The highest BCUT2D eigenvalue weighted by atomic mass is 16.5. The van der Waals surface area contributed by atoms with Gasteiger partial charge in [0.2, 0.25) is 5.91 Å². The smallest absolute Gasteiger partial charge is 0.310 e. The van der Waals surface area contributed by atoms with Crippen molar-refractivity contribution in [3.05, 3.63) is 0 Å². The Bertz CT molecular complexity index is 330. The van der Waals surface area contributed by atoms with Gasteiger partial charge in [-0.05, 0) is 24.7 Å². The highest BCUT2D eigenvalue weighted by Gasteiger charge is 2.55. The van der Waals surface area contributed by atoms with E-state index >= 15 is 0 Å². The lowest BCUT2D eigenvalue weighted by Crippen LogP contribution is -2.35. The third-order valence-corrected chi connectivity index (χ3v) is 4.47. The van der Waals surface area contributed by atoms with Crippen LogP contribution in [0.2, 0.25) is 0 Å². The first-order valence-electron chi connectivity index (χ1n) is 6.89. The van der Waals surface area contributed by atoms with E-state index in [-0.39, 0.29) is 23.7 Å². The van der Waals surface area contributed by atoms with Gasteiger partial charge in [-0.15, -0.1) is 0 Å². The fourth-order valence-electron chi connectivity index (χ4n) is 3.39. The first kappa shape index (κ1) is 13.4. The molecule has 0 aromatic rings. The second-order valence-corrected chi connectivity index (χ2v) is 5.78. The zero-order chi connectivity index (χ0) is 13.3. The number of ether oxygens (including phenoxy) is 1. The molecule has 2 saturated carbocycles. The molecule has 0 aliphatic heterocycles. The lowest BCUT2D eigenvalue weighted by molar-refractivity contribution is -0.146. The average Bonchev–Trinajstić information content (AvgIpc) is 3.10. The average molecular weight is 253 g/mol. The molecule has 0 spiro atoms. The van der Waals surface area contributed by atoms with Gasteiger partial charge in [0.1, 0.15) is 0 Å². The second-order valence-electron chi connectivity index (χ2n) is 5.78. The molecule has 4 nitrogen and oxygen atoms in total. The quantitative estimate of drug-likeness (QED) is 0.716. The van der Waals surface area contributed by atoms with Crippen LogP contribution in [0.15, 0.2) is 0 Å². The van der Waals surface area contributed by atoms with Crippen molar-refractivity contribution in [3.63, 3.8) is 0 Å². The Kier molecular flexibility index (Phi) is 3.93. The van der Waals surface area contributed by atoms with Gasteiger partial charge in [0.25, 0.3) is 0 Å². The van der Waals surface area contributed by atoms with E-state index < -0.39 is 0 Å². The monoisotopic (exact) mass is 253 g/mol. The molecule has 0 saturated heterocycles. The van der Waals surface area contributed by atoms with Crippen molar-refractivity contribution in [1.29, 1.82) is 0 Å². The molecule has 0 bridgehead atoms. The highest BCUT2D eigenvalue weighted by Crippen LogP contribution is 2.55. The summed E-state index contributed by atoms with van der Waals surface area (Å²) in [6, 6.07) is 0. The van der Waals surface area contributed by atoms with E-state index in [1.807, 2.05) is 0 Å². The molecule has 4 heteroatoms. The summed E-state index contributed by atoms with van der Waals surface area (Å²) in [6.07, 6.45) is 4.96. The van der Waals surface area contributed by atoms with Gasteiger partial charge in [0.05, 0.1) is 13.0 Å². The SMILES string of the molecule is COC(=O)C(C)CN(C)C(=O)C1C2CCCCC21. The van der Waals surface area contributed by atoms with Crippen LogP contribution < -0.4 is 0 Å². The van der Waals surface area contributed by atoms with Crippen LogP contribution in [-0.2, 0) is 14.3 Å². The topological polar surface area (TPSA) is 46.6 Å². The summed E-state index contributed by atoms with van der Waals surface area (Å²) in [7, 11) is 3.18. The molecule has 1 amide bonds. The predicted molar refractivity (Wildman–Crippen MR) is 67.8 cm³/mol. The van der Waals surface area contributed by atoms with Gasteiger partial charge < -0.3 is 9.64 Å². The maximum Gasteiger partial charge on any atom is 0.310 e. The number of carbonyl (C=O) groups excluding carboxylic acids is 2. The summed E-state index contributed by atoms with van der Waals surface area (Å²) in [6.45, 7) is 2.26. The number of fused-ring (bicyclic) bond motifs is 1. The number of nitrogens with zero attached hydrogens (tertiary/aromatic N) is 1. The van der Waals surface area contributed by atoms with Crippen molar-refractivity contribution < 1.29 is 14.3 Å². The molecule has 3 atom stereocenters. The largest absolute Gasteiger partial charge is 0.469 e. The summed E-state index contributed by atoms with van der Waals surface area (Å²) in [5.41, 5.74) is 0. The van der Waals surface area contributed by atoms with Gasteiger partial charge in [-0.1, -0.05) is 19.8 Å². The van der Waals surface area contributed by atoms with E-state index in [1.54, 1.807) is 18.9 Å². The fraction of sp³-hybridized carbons (Fsp3) is 0.857. The molecule has 102 valence electrons. The summed E-state index contributed by atoms with van der Waals surface area (Å²) in [5, 5.41) is 0. The first-order chi connectivity index (χ1) is 8.56. The third-order valence-electron chi connectivity index (χ3n) is 4.47. The molecule has 3 unspecified atom stereocenters. The minimum absolute atomic E-state index is 0.225. The molecular formula is C14H23NO3. The van der Waals surface area contributed by atoms with E-state index in [9.17, 15) is 9.59 Å². The molecule has 0 aromatic heterocycles. The summed E-state index contributed by atoms with van der Waals surface area (Å²) in [4.78, 5) is 25.4. The molecular weight excluding hydrogens is 230 g/mol. The van der Waals surface area contributed by atoms with Gasteiger partial charge in [-0.25, -0.2) is 0 Å². The van der Waals surface area contributed by atoms with Crippen LogP contribution in [0.1, 0.15) is 32.6 Å². The Morgan fingerprint density at radius 3 is 2.33 bits per heavy atom. The lowest BCUT2D eigenvalue weighted by Gasteiger charge is -2.20. The summed E-state index contributed by atoms with van der Waals surface area (Å²) in [5.74, 6) is 1.22. The molecule has 0 N–H and O–H groups in total.